The standard InChI is InChI=1S/C8H5BrF4.C6H6S/c9-4-5-1-2-6(7(10)3-5)8(11,12)13;7-6-4-2-1-3-5-6/h1-3H,4H2;1-5,7H. The minimum Gasteiger partial charge on any atom is -0.206 e. The first-order chi connectivity index (χ1) is 9.34. The van der Waals surface area contributed by atoms with Gasteiger partial charge in [0.25, 0.3) is 0 Å². The van der Waals surface area contributed by atoms with Gasteiger partial charge in [-0.15, -0.1) is 12.6 Å². The number of alkyl halides is 4. The van der Waals surface area contributed by atoms with Gasteiger partial charge in [0.05, 0.1) is 5.56 Å². The molecular formula is C14H11BrF4S. The Morgan fingerprint density at radius 2 is 1.60 bits per heavy atom. The Labute approximate surface area is 128 Å². The van der Waals surface area contributed by atoms with Gasteiger partial charge in [0, 0.05) is 10.2 Å². The van der Waals surface area contributed by atoms with Crippen molar-refractivity contribution < 1.29 is 17.6 Å². The molecule has 0 heterocycles. The van der Waals surface area contributed by atoms with Crippen LogP contribution in [0.3, 0.4) is 0 Å². The molecule has 0 spiro atoms. The average Bonchev–Trinajstić information content (AvgIpc) is 2.38. The summed E-state index contributed by atoms with van der Waals surface area (Å²) in [6.45, 7) is 0. The van der Waals surface area contributed by atoms with E-state index >= 15 is 0 Å². The molecule has 0 N–H and O–H groups in total. The lowest BCUT2D eigenvalue weighted by atomic mass is 10.1. The molecule has 2 aromatic rings. The maximum Gasteiger partial charge on any atom is 0.419 e. The van der Waals surface area contributed by atoms with Crippen LogP contribution in [-0.2, 0) is 11.5 Å². The van der Waals surface area contributed by atoms with E-state index in [1.807, 2.05) is 30.3 Å². The van der Waals surface area contributed by atoms with Crippen LogP contribution in [0.4, 0.5) is 17.6 Å². The number of halogens is 5. The van der Waals surface area contributed by atoms with Crippen LogP contribution >= 0.6 is 28.6 Å². The van der Waals surface area contributed by atoms with Crippen LogP contribution in [0.2, 0.25) is 0 Å². The van der Waals surface area contributed by atoms with E-state index in [0.717, 1.165) is 17.0 Å². The van der Waals surface area contributed by atoms with Crippen molar-refractivity contribution in [1.29, 1.82) is 0 Å². The van der Waals surface area contributed by atoms with Crippen LogP contribution in [0.1, 0.15) is 11.1 Å². The van der Waals surface area contributed by atoms with Gasteiger partial charge in [-0.3, -0.25) is 0 Å². The molecule has 0 aliphatic heterocycles. The second-order valence-electron chi connectivity index (χ2n) is 3.78. The minimum atomic E-state index is -4.62. The topological polar surface area (TPSA) is 0 Å². The lowest BCUT2D eigenvalue weighted by molar-refractivity contribution is -0.140. The van der Waals surface area contributed by atoms with E-state index in [0.29, 0.717) is 10.9 Å². The zero-order valence-corrected chi connectivity index (χ0v) is 12.6. The average molecular weight is 367 g/mol. The summed E-state index contributed by atoms with van der Waals surface area (Å²) in [5.74, 6) is -1.23. The quantitative estimate of drug-likeness (QED) is 0.372. The van der Waals surface area contributed by atoms with Crippen molar-refractivity contribution in [2.75, 3.05) is 0 Å². The maximum atomic E-state index is 12.8. The van der Waals surface area contributed by atoms with Crippen LogP contribution in [0, 0.1) is 5.82 Å². The van der Waals surface area contributed by atoms with Crippen LogP contribution in [0.15, 0.2) is 53.4 Å². The zero-order chi connectivity index (χ0) is 15.2. The summed E-state index contributed by atoms with van der Waals surface area (Å²) in [7, 11) is 0. The lowest BCUT2D eigenvalue weighted by Crippen LogP contribution is -2.08. The molecule has 0 aliphatic carbocycles. The molecule has 0 nitrogen and oxygen atoms in total. The predicted octanol–water partition coefficient (Wildman–Crippen LogP) is 5.71. The van der Waals surface area contributed by atoms with Crippen molar-refractivity contribution in [2.45, 2.75) is 16.4 Å². The van der Waals surface area contributed by atoms with E-state index in [-0.39, 0.29) is 0 Å². The molecular weight excluding hydrogens is 356 g/mol. The predicted molar refractivity (Wildman–Crippen MR) is 77.7 cm³/mol. The normalized spacial score (nSPS) is 10.7. The third-order valence-corrected chi connectivity index (χ3v) is 3.20. The summed E-state index contributed by atoms with van der Waals surface area (Å²) in [6.07, 6.45) is -4.62. The number of rotatable bonds is 1. The molecule has 20 heavy (non-hydrogen) atoms. The SMILES string of the molecule is Fc1cc(CBr)ccc1C(F)(F)F.Sc1ccccc1. The second-order valence-corrected chi connectivity index (χ2v) is 4.86. The Balaban J connectivity index is 0.000000240. The molecule has 0 atom stereocenters. The molecule has 0 aromatic heterocycles. The van der Waals surface area contributed by atoms with Gasteiger partial charge >= 0.3 is 6.18 Å². The minimum absolute atomic E-state index is 0.335. The summed E-state index contributed by atoms with van der Waals surface area (Å²) < 4.78 is 48.9. The van der Waals surface area contributed by atoms with Gasteiger partial charge in [-0.1, -0.05) is 40.2 Å². The largest absolute Gasteiger partial charge is 0.419 e. The molecule has 6 heteroatoms. The molecule has 108 valence electrons. The fourth-order valence-electron chi connectivity index (χ4n) is 1.30. The first-order valence-corrected chi connectivity index (χ1v) is 7.07. The monoisotopic (exact) mass is 366 g/mol. The third-order valence-electron chi connectivity index (χ3n) is 2.25. The molecule has 0 fully saturated rings. The van der Waals surface area contributed by atoms with Crippen molar-refractivity contribution in [3.63, 3.8) is 0 Å². The highest BCUT2D eigenvalue weighted by atomic mass is 79.9. The van der Waals surface area contributed by atoms with Crippen LogP contribution in [-0.4, -0.2) is 0 Å². The number of benzene rings is 2. The van der Waals surface area contributed by atoms with Crippen molar-refractivity contribution >= 4 is 28.6 Å². The molecule has 0 unspecified atom stereocenters. The van der Waals surface area contributed by atoms with Gasteiger partial charge < -0.3 is 0 Å². The molecule has 0 saturated heterocycles. The van der Waals surface area contributed by atoms with E-state index in [2.05, 4.69) is 28.6 Å². The van der Waals surface area contributed by atoms with E-state index in [1.165, 1.54) is 6.07 Å². The zero-order valence-electron chi connectivity index (χ0n) is 10.2. The van der Waals surface area contributed by atoms with E-state index in [1.54, 1.807) is 0 Å². The smallest absolute Gasteiger partial charge is 0.206 e. The Morgan fingerprint density at radius 3 is 1.95 bits per heavy atom. The first kappa shape index (κ1) is 17.0. The summed E-state index contributed by atoms with van der Waals surface area (Å²) in [4.78, 5) is 1.02. The van der Waals surface area contributed by atoms with Crippen LogP contribution in [0.25, 0.3) is 0 Å². The summed E-state index contributed by atoms with van der Waals surface area (Å²) in [5, 5.41) is 0.335. The summed E-state index contributed by atoms with van der Waals surface area (Å²) >= 11 is 7.10. The Hall–Kier alpha value is -1.01. The number of hydrogen-bond donors (Lipinski definition) is 1. The molecule has 0 aliphatic rings. The second kappa shape index (κ2) is 7.69. The van der Waals surface area contributed by atoms with Crippen molar-refractivity contribution in [2.24, 2.45) is 0 Å². The van der Waals surface area contributed by atoms with Crippen molar-refractivity contribution in [1.82, 2.24) is 0 Å². The lowest BCUT2D eigenvalue weighted by Gasteiger charge is -2.08. The molecule has 2 aromatic carbocycles. The number of hydrogen-bond acceptors (Lipinski definition) is 1. The summed E-state index contributed by atoms with van der Waals surface area (Å²) in [6, 6.07) is 12.6. The molecule has 0 amide bonds. The third kappa shape index (κ3) is 5.54. The van der Waals surface area contributed by atoms with Gasteiger partial charge in [0.1, 0.15) is 5.82 Å². The van der Waals surface area contributed by atoms with Gasteiger partial charge in [0.15, 0.2) is 0 Å². The summed E-state index contributed by atoms with van der Waals surface area (Å²) in [5.41, 5.74) is -0.748. The highest BCUT2D eigenvalue weighted by molar-refractivity contribution is 9.08. The number of thiol groups is 1. The fraction of sp³-hybridized carbons (Fsp3) is 0.143. The van der Waals surface area contributed by atoms with Crippen LogP contribution in [0.5, 0.6) is 0 Å². The Kier molecular flexibility index (Phi) is 6.55. The van der Waals surface area contributed by atoms with Gasteiger partial charge in [-0.05, 0) is 29.8 Å². The van der Waals surface area contributed by atoms with Crippen molar-refractivity contribution in [3.05, 3.63) is 65.5 Å². The highest BCUT2D eigenvalue weighted by Crippen LogP contribution is 2.31. The van der Waals surface area contributed by atoms with E-state index in [9.17, 15) is 17.6 Å². The Bertz CT molecular complexity index is 541. The molecule has 0 saturated carbocycles. The highest BCUT2D eigenvalue weighted by Gasteiger charge is 2.33. The van der Waals surface area contributed by atoms with Crippen LogP contribution < -0.4 is 0 Å². The molecule has 0 radical (unpaired) electrons. The maximum absolute atomic E-state index is 12.8. The van der Waals surface area contributed by atoms with Gasteiger partial charge in [-0.25, -0.2) is 4.39 Å². The fourth-order valence-corrected chi connectivity index (χ4v) is 1.82. The van der Waals surface area contributed by atoms with Crippen molar-refractivity contribution in [3.8, 4) is 0 Å². The molecule has 2 rings (SSSR count). The van der Waals surface area contributed by atoms with E-state index in [4.69, 9.17) is 0 Å². The van der Waals surface area contributed by atoms with E-state index < -0.39 is 17.6 Å². The molecule has 0 bridgehead atoms. The van der Waals surface area contributed by atoms with Gasteiger partial charge in [-0.2, -0.15) is 13.2 Å². The Morgan fingerprint density at radius 1 is 1.00 bits per heavy atom. The first-order valence-electron chi connectivity index (χ1n) is 5.50. The van der Waals surface area contributed by atoms with Gasteiger partial charge in [0.2, 0.25) is 0 Å².